The van der Waals surface area contributed by atoms with Crippen LogP contribution in [0.1, 0.15) is 38.3 Å². The molecule has 0 saturated carbocycles. The topological polar surface area (TPSA) is 111 Å². The van der Waals surface area contributed by atoms with E-state index in [9.17, 15) is 13.2 Å². The Morgan fingerprint density at radius 2 is 1.47 bits per heavy atom. The van der Waals surface area contributed by atoms with Gasteiger partial charge < -0.3 is 4.74 Å². The molecule has 4 aromatic rings. The molecule has 8 nitrogen and oxygen atoms in total. The fourth-order valence-corrected chi connectivity index (χ4v) is 4.98. The van der Waals surface area contributed by atoms with Crippen molar-refractivity contribution < 1.29 is 17.9 Å². The van der Waals surface area contributed by atoms with Crippen LogP contribution < -0.4 is 9.46 Å². The Labute approximate surface area is 210 Å². The summed E-state index contributed by atoms with van der Waals surface area (Å²) in [5.74, 6) is -0.344. The Balaban J connectivity index is 1.78. The van der Waals surface area contributed by atoms with Gasteiger partial charge in [-0.1, -0.05) is 47.5 Å². The fourth-order valence-electron chi connectivity index (χ4n) is 3.88. The monoisotopic (exact) mass is 502 g/mol. The maximum atomic E-state index is 13.2. The molecule has 2 aromatic carbocycles. The second-order valence-electron chi connectivity index (χ2n) is 8.63. The zero-order chi connectivity index (χ0) is 26.0. The summed E-state index contributed by atoms with van der Waals surface area (Å²) in [4.78, 5) is 25.6. The lowest BCUT2D eigenvalue weighted by molar-refractivity contribution is 0.0978. The van der Waals surface area contributed by atoms with Gasteiger partial charge >= 0.3 is 0 Å². The number of aromatic nitrogens is 3. The highest BCUT2D eigenvalue weighted by Crippen LogP contribution is 2.32. The minimum atomic E-state index is -4.27. The summed E-state index contributed by atoms with van der Waals surface area (Å²) in [7, 11) is -4.27. The van der Waals surface area contributed by atoms with Gasteiger partial charge in [0.05, 0.1) is 11.4 Å². The van der Waals surface area contributed by atoms with Crippen LogP contribution in [-0.4, -0.2) is 29.3 Å². The number of hydrogen-bond donors (Lipinski definition) is 1. The lowest BCUT2D eigenvalue weighted by Gasteiger charge is -2.16. The summed E-state index contributed by atoms with van der Waals surface area (Å²) >= 11 is 0. The van der Waals surface area contributed by atoms with Crippen LogP contribution in [0, 0.1) is 34.6 Å². The molecule has 9 heteroatoms. The molecule has 0 atom stereocenters. The number of sulfonamides is 1. The highest BCUT2D eigenvalue weighted by atomic mass is 32.2. The number of carbonyl (C=O) groups excluding carboxylic acids is 1. The van der Waals surface area contributed by atoms with E-state index in [1.807, 2.05) is 64.1 Å². The summed E-state index contributed by atoms with van der Waals surface area (Å²) in [6.45, 7) is 9.28. The lowest BCUT2D eigenvalue weighted by Crippen LogP contribution is -2.32. The molecule has 0 aliphatic heterocycles. The Morgan fingerprint density at radius 1 is 0.833 bits per heavy atom. The van der Waals surface area contributed by atoms with E-state index in [-0.39, 0.29) is 22.2 Å². The van der Waals surface area contributed by atoms with Crippen molar-refractivity contribution in [2.75, 3.05) is 0 Å². The van der Waals surface area contributed by atoms with Crippen LogP contribution in [0.3, 0.4) is 0 Å². The van der Waals surface area contributed by atoms with Gasteiger partial charge in [-0.2, -0.15) is 8.42 Å². The molecule has 0 saturated heterocycles. The van der Waals surface area contributed by atoms with Crippen LogP contribution in [0.25, 0.3) is 11.3 Å². The van der Waals surface area contributed by atoms with Gasteiger partial charge in [0.2, 0.25) is 5.88 Å². The minimum Gasteiger partial charge on any atom is -0.438 e. The van der Waals surface area contributed by atoms with Crippen LogP contribution in [0.2, 0.25) is 0 Å². The van der Waals surface area contributed by atoms with Crippen molar-refractivity contribution in [1.82, 2.24) is 19.7 Å². The Bertz CT molecular complexity index is 1540. The number of carbonyl (C=O) groups is 1. The highest BCUT2D eigenvalue weighted by molar-refractivity contribution is 7.90. The average Bonchev–Trinajstić information content (AvgIpc) is 2.81. The highest BCUT2D eigenvalue weighted by Gasteiger charge is 2.26. The first-order valence-electron chi connectivity index (χ1n) is 11.2. The second kappa shape index (κ2) is 9.87. The lowest BCUT2D eigenvalue weighted by atomic mass is 10.1. The van der Waals surface area contributed by atoms with Gasteiger partial charge in [0, 0.05) is 18.0 Å². The first-order chi connectivity index (χ1) is 17.0. The third-order valence-electron chi connectivity index (χ3n) is 5.57. The molecule has 2 heterocycles. The normalized spacial score (nSPS) is 11.2. The van der Waals surface area contributed by atoms with Crippen LogP contribution in [0.5, 0.6) is 11.6 Å². The molecule has 2 aromatic heterocycles. The molecule has 1 amide bonds. The number of nitrogens with one attached hydrogen (secondary N) is 1. The Morgan fingerprint density at radius 3 is 2.11 bits per heavy atom. The van der Waals surface area contributed by atoms with Gasteiger partial charge in [0.25, 0.3) is 15.9 Å². The van der Waals surface area contributed by atoms with E-state index in [0.29, 0.717) is 11.4 Å². The number of hydrogen-bond acceptors (Lipinski definition) is 7. The maximum absolute atomic E-state index is 13.2. The number of pyridine rings is 1. The molecular weight excluding hydrogens is 476 g/mol. The number of benzene rings is 2. The summed E-state index contributed by atoms with van der Waals surface area (Å²) in [6.07, 6.45) is 2.63. The number of ether oxygens (including phenoxy) is 1. The van der Waals surface area contributed by atoms with E-state index in [0.717, 1.165) is 27.8 Å². The summed E-state index contributed by atoms with van der Waals surface area (Å²) < 4.78 is 34.0. The van der Waals surface area contributed by atoms with Crippen LogP contribution in [-0.2, 0) is 10.0 Å². The molecule has 4 rings (SSSR count). The molecule has 1 N–H and O–H groups in total. The van der Waals surface area contributed by atoms with Crippen molar-refractivity contribution in [1.29, 1.82) is 0 Å². The van der Waals surface area contributed by atoms with Crippen molar-refractivity contribution in [2.24, 2.45) is 0 Å². The molecule has 36 heavy (non-hydrogen) atoms. The Hall–Kier alpha value is -4.11. The van der Waals surface area contributed by atoms with Crippen molar-refractivity contribution >= 4 is 15.9 Å². The first kappa shape index (κ1) is 25.0. The van der Waals surface area contributed by atoms with Crippen molar-refractivity contribution in [2.45, 2.75) is 39.6 Å². The molecule has 0 aliphatic carbocycles. The third-order valence-corrected chi connectivity index (χ3v) is 6.94. The molecule has 0 aliphatic rings. The molecule has 0 bridgehead atoms. The molecular formula is C27H26N4O4S. The third kappa shape index (κ3) is 5.26. The number of aryl methyl sites for hydroxylation is 5. The van der Waals surface area contributed by atoms with Crippen LogP contribution in [0.15, 0.2) is 66.0 Å². The van der Waals surface area contributed by atoms with Gasteiger partial charge in [0.15, 0.2) is 5.03 Å². The zero-order valence-corrected chi connectivity index (χ0v) is 21.5. The van der Waals surface area contributed by atoms with E-state index >= 15 is 0 Å². The first-order valence-corrected chi connectivity index (χ1v) is 12.7. The van der Waals surface area contributed by atoms with Gasteiger partial charge in [-0.15, -0.1) is 0 Å². The molecule has 0 spiro atoms. The summed E-state index contributed by atoms with van der Waals surface area (Å²) in [5.41, 5.74) is 5.45. The standard InChI is InChI=1S/C27H26N4O4S/c1-16-6-8-21(9-7-16)23-11-10-22(25(32)31-36(33,34)27-20(5)28-12-13-29-27)26(30-23)35-24-18(3)14-17(2)15-19(24)4/h6-15H,1-5H3,(H,31,32). The van der Waals surface area contributed by atoms with E-state index in [1.54, 1.807) is 6.07 Å². The summed E-state index contributed by atoms with van der Waals surface area (Å²) in [6, 6.07) is 14.9. The number of amides is 1. The van der Waals surface area contributed by atoms with Crippen molar-refractivity contribution in [3.8, 4) is 22.9 Å². The number of rotatable bonds is 6. The quantitative estimate of drug-likeness (QED) is 0.395. The fraction of sp³-hybridized carbons (Fsp3) is 0.185. The van der Waals surface area contributed by atoms with E-state index in [4.69, 9.17) is 4.74 Å². The van der Waals surface area contributed by atoms with Gasteiger partial charge in [0.1, 0.15) is 11.3 Å². The van der Waals surface area contributed by atoms with Gasteiger partial charge in [-0.3, -0.25) is 9.78 Å². The van der Waals surface area contributed by atoms with Crippen LogP contribution >= 0.6 is 0 Å². The van der Waals surface area contributed by atoms with Crippen molar-refractivity contribution in [3.63, 3.8) is 0 Å². The second-order valence-corrected chi connectivity index (χ2v) is 10.2. The summed E-state index contributed by atoms with van der Waals surface area (Å²) in [5, 5.41) is -0.324. The van der Waals surface area contributed by atoms with E-state index in [2.05, 4.69) is 19.7 Å². The smallest absolute Gasteiger partial charge is 0.283 e. The predicted molar refractivity (Wildman–Crippen MR) is 137 cm³/mol. The number of nitrogens with zero attached hydrogens (tertiary/aromatic N) is 3. The Kier molecular flexibility index (Phi) is 6.85. The molecule has 0 fully saturated rings. The average molecular weight is 503 g/mol. The molecule has 0 radical (unpaired) electrons. The van der Waals surface area contributed by atoms with E-state index in [1.165, 1.54) is 25.4 Å². The molecule has 0 unspecified atom stereocenters. The minimum absolute atomic E-state index is 0.00769. The molecule has 184 valence electrons. The zero-order valence-electron chi connectivity index (χ0n) is 20.7. The predicted octanol–water partition coefficient (Wildman–Crippen LogP) is 4.99. The van der Waals surface area contributed by atoms with Crippen molar-refractivity contribution in [3.05, 3.63) is 94.4 Å². The van der Waals surface area contributed by atoms with Gasteiger partial charge in [-0.05, 0) is 57.9 Å². The SMILES string of the molecule is Cc1ccc(-c2ccc(C(=O)NS(=O)(=O)c3nccnc3C)c(Oc3c(C)cc(C)cc3C)n2)cc1. The van der Waals surface area contributed by atoms with Gasteiger partial charge in [-0.25, -0.2) is 14.7 Å². The maximum Gasteiger partial charge on any atom is 0.283 e. The van der Waals surface area contributed by atoms with Crippen LogP contribution in [0.4, 0.5) is 0 Å². The van der Waals surface area contributed by atoms with E-state index < -0.39 is 15.9 Å². The largest absolute Gasteiger partial charge is 0.438 e.